The van der Waals surface area contributed by atoms with Gasteiger partial charge in [0, 0.05) is 11.1 Å². The molecule has 1 heterocycles. The molecule has 2 rings (SSSR count). The SMILES string of the molecule is CCCC(C)Cc1cc(C)c(NC(=O)Cc2cnc(N)s2)c(Cl)c1. The number of anilines is 2. The number of aromatic nitrogens is 1. The first kappa shape index (κ1) is 18.7. The molecule has 2 aromatic rings. The smallest absolute Gasteiger partial charge is 0.229 e. The largest absolute Gasteiger partial charge is 0.375 e. The molecule has 0 spiro atoms. The van der Waals surface area contributed by atoms with Crippen LogP contribution in [0.3, 0.4) is 0 Å². The quantitative estimate of drug-likeness (QED) is 0.737. The molecule has 4 nitrogen and oxygen atoms in total. The molecular weight excluding hydrogens is 342 g/mol. The Morgan fingerprint density at radius 3 is 2.79 bits per heavy atom. The van der Waals surface area contributed by atoms with E-state index in [1.54, 1.807) is 6.20 Å². The summed E-state index contributed by atoms with van der Waals surface area (Å²) in [6, 6.07) is 4.07. The zero-order valence-electron chi connectivity index (χ0n) is 14.4. The van der Waals surface area contributed by atoms with Crippen molar-refractivity contribution in [3.05, 3.63) is 39.4 Å². The van der Waals surface area contributed by atoms with Crippen LogP contribution in [-0.4, -0.2) is 10.9 Å². The van der Waals surface area contributed by atoms with Crippen molar-refractivity contribution in [1.29, 1.82) is 0 Å². The van der Waals surface area contributed by atoms with Gasteiger partial charge in [-0.1, -0.05) is 44.4 Å². The lowest BCUT2D eigenvalue weighted by molar-refractivity contribution is -0.115. The maximum absolute atomic E-state index is 12.2. The second-order valence-corrected chi connectivity index (χ2v) is 7.81. The van der Waals surface area contributed by atoms with E-state index < -0.39 is 0 Å². The zero-order chi connectivity index (χ0) is 17.7. The van der Waals surface area contributed by atoms with Crippen LogP contribution in [-0.2, 0) is 17.6 Å². The normalized spacial score (nSPS) is 12.2. The molecule has 0 aliphatic carbocycles. The number of benzene rings is 1. The minimum Gasteiger partial charge on any atom is -0.375 e. The fraction of sp³-hybridized carbons (Fsp3) is 0.444. The maximum atomic E-state index is 12.2. The highest BCUT2D eigenvalue weighted by Gasteiger charge is 2.13. The second kappa shape index (κ2) is 8.49. The van der Waals surface area contributed by atoms with Crippen LogP contribution in [0.4, 0.5) is 10.8 Å². The molecule has 0 aliphatic rings. The number of aryl methyl sites for hydroxylation is 1. The van der Waals surface area contributed by atoms with Gasteiger partial charge in [-0.05, 0) is 36.5 Å². The summed E-state index contributed by atoms with van der Waals surface area (Å²) in [4.78, 5) is 17.0. The molecule has 0 saturated heterocycles. The fourth-order valence-corrected chi connectivity index (χ4v) is 3.85. The molecule has 24 heavy (non-hydrogen) atoms. The van der Waals surface area contributed by atoms with Gasteiger partial charge < -0.3 is 11.1 Å². The number of carbonyl (C=O) groups is 1. The van der Waals surface area contributed by atoms with Crippen LogP contribution in [0.2, 0.25) is 5.02 Å². The van der Waals surface area contributed by atoms with E-state index in [1.807, 2.05) is 13.0 Å². The van der Waals surface area contributed by atoms with Crippen LogP contribution >= 0.6 is 22.9 Å². The molecule has 1 amide bonds. The number of halogens is 1. The standard InChI is InChI=1S/C18H24ClN3OS/c1-4-5-11(2)6-13-7-12(3)17(15(19)8-13)22-16(23)9-14-10-21-18(20)24-14/h7-8,10-11H,4-6,9H2,1-3H3,(H2,20,21)(H,22,23). The van der Waals surface area contributed by atoms with Gasteiger partial charge in [0.25, 0.3) is 0 Å². The third-order valence-corrected chi connectivity index (χ3v) is 5.01. The Labute approximate surface area is 152 Å². The summed E-state index contributed by atoms with van der Waals surface area (Å²) in [7, 11) is 0. The van der Waals surface area contributed by atoms with Crippen LogP contribution in [0.1, 0.15) is 42.7 Å². The first-order valence-corrected chi connectivity index (χ1v) is 9.37. The number of carbonyl (C=O) groups excluding carboxylic acids is 1. The molecule has 1 unspecified atom stereocenters. The monoisotopic (exact) mass is 365 g/mol. The van der Waals surface area contributed by atoms with Crippen molar-refractivity contribution in [3.63, 3.8) is 0 Å². The van der Waals surface area contributed by atoms with E-state index in [4.69, 9.17) is 17.3 Å². The summed E-state index contributed by atoms with van der Waals surface area (Å²) in [5, 5.41) is 3.97. The predicted octanol–water partition coefficient (Wildman–Crippen LogP) is 4.85. The van der Waals surface area contributed by atoms with E-state index >= 15 is 0 Å². The lowest BCUT2D eigenvalue weighted by Gasteiger charge is -2.15. The van der Waals surface area contributed by atoms with Crippen LogP contribution in [0.5, 0.6) is 0 Å². The Morgan fingerprint density at radius 1 is 1.46 bits per heavy atom. The minimum absolute atomic E-state index is 0.115. The summed E-state index contributed by atoms with van der Waals surface area (Å²) >= 11 is 7.72. The Kier molecular flexibility index (Phi) is 6.63. The highest BCUT2D eigenvalue weighted by molar-refractivity contribution is 7.15. The molecule has 0 bridgehead atoms. The molecule has 1 aromatic carbocycles. The van der Waals surface area contributed by atoms with Crippen LogP contribution < -0.4 is 11.1 Å². The average molecular weight is 366 g/mol. The van der Waals surface area contributed by atoms with Crippen molar-refractivity contribution in [1.82, 2.24) is 4.98 Å². The van der Waals surface area contributed by atoms with Crippen molar-refractivity contribution < 1.29 is 4.79 Å². The van der Waals surface area contributed by atoms with E-state index in [0.717, 1.165) is 16.9 Å². The van der Waals surface area contributed by atoms with Crippen molar-refractivity contribution in [2.45, 2.75) is 46.5 Å². The van der Waals surface area contributed by atoms with E-state index in [2.05, 4.69) is 30.2 Å². The number of hydrogen-bond donors (Lipinski definition) is 2. The Morgan fingerprint density at radius 2 is 2.21 bits per heavy atom. The molecule has 6 heteroatoms. The number of nitrogens with zero attached hydrogens (tertiary/aromatic N) is 1. The second-order valence-electron chi connectivity index (χ2n) is 6.26. The molecule has 0 aliphatic heterocycles. The summed E-state index contributed by atoms with van der Waals surface area (Å²) < 4.78 is 0. The van der Waals surface area contributed by atoms with Crippen molar-refractivity contribution in [2.75, 3.05) is 11.1 Å². The lowest BCUT2D eigenvalue weighted by Crippen LogP contribution is -2.15. The highest BCUT2D eigenvalue weighted by atomic mass is 35.5. The van der Waals surface area contributed by atoms with Crippen molar-refractivity contribution >= 4 is 39.7 Å². The number of hydrogen-bond acceptors (Lipinski definition) is 4. The van der Waals surface area contributed by atoms with E-state index in [-0.39, 0.29) is 12.3 Å². The number of thiazole rings is 1. The van der Waals surface area contributed by atoms with E-state index in [9.17, 15) is 4.79 Å². The van der Waals surface area contributed by atoms with Crippen LogP contribution in [0.15, 0.2) is 18.3 Å². The van der Waals surface area contributed by atoms with Gasteiger partial charge in [-0.3, -0.25) is 4.79 Å². The third kappa shape index (κ3) is 5.21. The summed E-state index contributed by atoms with van der Waals surface area (Å²) in [6.45, 7) is 6.42. The number of amides is 1. The van der Waals surface area contributed by atoms with Gasteiger partial charge in [0.1, 0.15) is 0 Å². The average Bonchev–Trinajstić information content (AvgIpc) is 2.88. The van der Waals surface area contributed by atoms with Gasteiger partial charge in [-0.15, -0.1) is 11.3 Å². The molecular formula is C18H24ClN3OS. The van der Waals surface area contributed by atoms with Gasteiger partial charge in [-0.2, -0.15) is 0 Å². The summed E-state index contributed by atoms with van der Waals surface area (Å²) in [5.41, 5.74) is 8.47. The van der Waals surface area contributed by atoms with Gasteiger partial charge in [0.05, 0.1) is 17.1 Å². The topological polar surface area (TPSA) is 68.0 Å². The minimum atomic E-state index is -0.115. The molecule has 130 valence electrons. The molecule has 0 fully saturated rings. The van der Waals surface area contributed by atoms with Crippen LogP contribution in [0.25, 0.3) is 0 Å². The summed E-state index contributed by atoms with van der Waals surface area (Å²) in [6.07, 6.45) is 5.27. The van der Waals surface area contributed by atoms with Crippen LogP contribution in [0, 0.1) is 12.8 Å². The number of rotatable bonds is 7. The van der Waals surface area contributed by atoms with E-state index in [1.165, 1.54) is 29.7 Å². The Hall–Kier alpha value is -1.59. The molecule has 1 atom stereocenters. The first-order valence-electron chi connectivity index (χ1n) is 8.18. The maximum Gasteiger partial charge on any atom is 0.229 e. The van der Waals surface area contributed by atoms with Gasteiger partial charge in [-0.25, -0.2) is 4.98 Å². The fourth-order valence-electron chi connectivity index (χ4n) is 2.83. The number of nitrogens with two attached hydrogens (primary N) is 1. The van der Waals surface area contributed by atoms with Crippen molar-refractivity contribution in [3.8, 4) is 0 Å². The molecule has 0 saturated carbocycles. The molecule has 0 radical (unpaired) electrons. The molecule has 1 aromatic heterocycles. The predicted molar refractivity (Wildman–Crippen MR) is 103 cm³/mol. The van der Waals surface area contributed by atoms with Gasteiger partial charge >= 0.3 is 0 Å². The lowest BCUT2D eigenvalue weighted by atomic mass is 9.95. The van der Waals surface area contributed by atoms with E-state index in [0.29, 0.717) is 21.8 Å². The van der Waals surface area contributed by atoms with Crippen molar-refractivity contribution in [2.24, 2.45) is 5.92 Å². The number of nitrogens with one attached hydrogen (secondary N) is 1. The third-order valence-electron chi connectivity index (χ3n) is 3.88. The first-order chi connectivity index (χ1) is 11.4. The Bertz CT molecular complexity index is 691. The molecule has 3 N–H and O–H groups in total. The Balaban J connectivity index is 2.06. The van der Waals surface area contributed by atoms with Gasteiger partial charge in [0.2, 0.25) is 5.91 Å². The zero-order valence-corrected chi connectivity index (χ0v) is 15.9. The van der Waals surface area contributed by atoms with Gasteiger partial charge in [0.15, 0.2) is 5.13 Å². The summed E-state index contributed by atoms with van der Waals surface area (Å²) in [5.74, 6) is 0.512. The highest BCUT2D eigenvalue weighted by Crippen LogP contribution is 2.29. The number of nitrogen functional groups attached to an aromatic ring is 1.